The van der Waals surface area contributed by atoms with Crippen molar-refractivity contribution in [1.82, 2.24) is 10.3 Å². The standard InChI is InChI=1S/C35H41N3O4/c1-19-10-9-12-24-31-34(6,42-31)21(3)29-27(17-22-18-36-25-13-8-7-11-23(22)25)37-32(40)35(24,29)28(39)15-14-26-30(20(2)16-19)41-33(4,5)38-26/h7-9,11-16,18-19,21,24,27,29-31,36H,10,17H2,1-6H3,(H,37,40). The van der Waals surface area contributed by atoms with Crippen molar-refractivity contribution in [3.63, 3.8) is 0 Å². The molecule has 0 radical (unpaired) electrons. The van der Waals surface area contributed by atoms with Gasteiger partial charge in [-0.05, 0) is 81.7 Å². The molecule has 4 heterocycles. The fraction of sp³-hybridized carbons (Fsp3) is 0.514. The maximum absolute atomic E-state index is 14.7. The highest BCUT2D eigenvalue weighted by atomic mass is 16.6. The highest BCUT2D eigenvalue weighted by Gasteiger charge is 2.78. The predicted octanol–water partition coefficient (Wildman–Crippen LogP) is 5.48. The molecule has 1 amide bonds. The molecule has 220 valence electrons. The smallest absolute Gasteiger partial charge is 0.235 e. The third kappa shape index (κ3) is 3.96. The number of amides is 1. The average Bonchev–Trinajstić information content (AvgIpc) is 3.19. The number of para-hydroxylation sites is 1. The van der Waals surface area contributed by atoms with Crippen LogP contribution in [0.5, 0.6) is 0 Å². The Morgan fingerprint density at radius 2 is 1.86 bits per heavy atom. The number of ketones is 1. The van der Waals surface area contributed by atoms with E-state index in [1.807, 2.05) is 32.2 Å². The van der Waals surface area contributed by atoms with Crippen LogP contribution >= 0.6 is 0 Å². The monoisotopic (exact) mass is 567 g/mol. The van der Waals surface area contributed by atoms with Crippen LogP contribution in [0.2, 0.25) is 0 Å². The van der Waals surface area contributed by atoms with Crippen molar-refractivity contribution in [2.24, 2.45) is 34.1 Å². The number of carbonyl (C=O) groups is 2. The third-order valence-electron chi connectivity index (χ3n) is 10.6. The minimum absolute atomic E-state index is 0.00369. The van der Waals surface area contributed by atoms with Crippen LogP contribution in [-0.2, 0) is 25.5 Å². The van der Waals surface area contributed by atoms with Crippen molar-refractivity contribution in [1.29, 1.82) is 0 Å². The predicted molar refractivity (Wildman–Crippen MR) is 163 cm³/mol. The summed E-state index contributed by atoms with van der Waals surface area (Å²) in [5, 5.41) is 4.49. The lowest BCUT2D eigenvalue weighted by molar-refractivity contribution is -0.145. The van der Waals surface area contributed by atoms with E-state index in [0.717, 1.165) is 34.2 Å². The molecular weight excluding hydrogens is 526 g/mol. The number of aromatic nitrogens is 1. The number of allylic oxidation sites excluding steroid dienone is 3. The van der Waals surface area contributed by atoms with E-state index in [1.165, 1.54) is 0 Å². The van der Waals surface area contributed by atoms with Gasteiger partial charge >= 0.3 is 0 Å². The summed E-state index contributed by atoms with van der Waals surface area (Å²) in [7, 11) is 0. The van der Waals surface area contributed by atoms with Crippen molar-refractivity contribution in [2.75, 3.05) is 0 Å². The zero-order valence-corrected chi connectivity index (χ0v) is 25.3. The number of nitrogens with zero attached hydrogens (tertiary/aromatic N) is 1. The Morgan fingerprint density at radius 1 is 1.07 bits per heavy atom. The van der Waals surface area contributed by atoms with Crippen molar-refractivity contribution in [3.05, 3.63) is 72.0 Å². The van der Waals surface area contributed by atoms with Crippen molar-refractivity contribution >= 4 is 28.3 Å². The number of rotatable bonds is 2. The molecule has 5 aliphatic rings. The third-order valence-corrected chi connectivity index (χ3v) is 10.6. The topological polar surface area (TPSA) is 96.1 Å². The summed E-state index contributed by atoms with van der Waals surface area (Å²) in [5.41, 5.74) is 1.66. The Balaban J connectivity index is 1.35. The molecule has 1 saturated carbocycles. The molecule has 3 fully saturated rings. The van der Waals surface area contributed by atoms with E-state index in [-0.39, 0.29) is 59.2 Å². The van der Waals surface area contributed by atoms with Gasteiger partial charge in [-0.1, -0.05) is 50.3 Å². The normalized spacial score (nSPS) is 40.5. The lowest BCUT2D eigenvalue weighted by atomic mass is 9.51. The molecule has 3 aliphatic heterocycles. The van der Waals surface area contributed by atoms with Crippen LogP contribution in [0.3, 0.4) is 0 Å². The zero-order valence-electron chi connectivity index (χ0n) is 25.3. The fourth-order valence-electron chi connectivity index (χ4n) is 8.54. The molecule has 9 unspecified atom stereocenters. The number of carbonyl (C=O) groups excluding carboxylic acids is 2. The maximum atomic E-state index is 14.7. The number of benzene rings is 1. The van der Waals surface area contributed by atoms with E-state index < -0.39 is 11.1 Å². The number of fused-ring (bicyclic) bond motifs is 4. The van der Waals surface area contributed by atoms with E-state index in [0.29, 0.717) is 6.42 Å². The van der Waals surface area contributed by atoms with Crippen LogP contribution in [0.4, 0.5) is 0 Å². The average molecular weight is 568 g/mol. The summed E-state index contributed by atoms with van der Waals surface area (Å²) in [6, 6.07) is 8.01. The van der Waals surface area contributed by atoms with Crippen LogP contribution in [-0.4, -0.2) is 52.0 Å². The SMILES string of the molecule is CC1=CC(C)CC=CC2C3OC3(C)C(C)C3C(Cc4c[nH]c5ccccc45)NC(=O)C23C(=O)C=CC2=NC(C)(C)OC12. The van der Waals surface area contributed by atoms with Gasteiger partial charge in [0.15, 0.2) is 11.5 Å². The lowest BCUT2D eigenvalue weighted by Crippen LogP contribution is -2.58. The Kier molecular flexibility index (Phi) is 6.13. The lowest BCUT2D eigenvalue weighted by Gasteiger charge is -2.45. The Labute approximate surface area is 247 Å². The molecule has 9 atom stereocenters. The molecule has 1 aromatic carbocycles. The molecule has 42 heavy (non-hydrogen) atoms. The van der Waals surface area contributed by atoms with E-state index in [9.17, 15) is 9.59 Å². The first-order valence-electron chi connectivity index (χ1n) is 15.3. The van der Waals surface area contributed by atoms with Gasteiger partial charge in [0.25, 0.3) is 0 Å². The minimum atomic E-state index is -1.27. The first-order valence-corrected chi connectivity index (χ1v) is 15.3. The van der Waals surface area contributed by atoms with Crippen LogP contribution in [0.1, 0.15) is 53.5 Å². The first kappa shape index (κ1) is 27.5. The van der Waals surface area contributed by atoms with Crippen LogP contribution in [0.25, 0.3) is 10.9 Å². The minimum Gasteiger partial charge on any atom is -0.365 e. The van der Waals surface area contributed by atoms with Crippen LogP contribution < -0.4 is 5.32 Å². The van der Waals surface area contributed by atoms with E-state index in [2.05, 4.69) is 68.4 Å². The zero-order chi connectivity index (χ0) is 29.6. The van der Waals surface area contributed by atoms with Gasteiger partial charge in [-0.2, -0.15) is 0 Å². The van der Waals surface area contributed by atoms with Crippen molar-refractivity contribution in [2.45, 2.75) is 84.0 Å². The van der Waals surface area contributed by atoms with Gasteiger partial charge < -0.3 is 19.8 Å². The Hall–Kier alpha value is -3.29. The van der Waals surface area contributed by atoms with Gasteiger partial charge in [0.2, 0.25) is 5.91 Å². The summed E-state index contributed by atoms with van der Waals surface area (Å²) in [6.45, 7) is 12.4. The molecule has 7 rings (SSSR count). The summed E-state index contributed by atoms with van der Waals surface area (Å²) in [4.78, 5) is 37.3. The molecule has 2 aliphatic carbocycles. The molecule has 0 bridgehead atoms. The highest BCUT2D eigenvalue weighted by Crippen LogP contribution is 2.66. The molecule has 7 heteroatoms. The maximum Gasteiger partial charge on any atom is 0.235 e. The molecular formula is C35H41N3O4. The summed E-state index contributed by atoms with van der Waals surface area (Å²) < 4.78 is 12.8. The summed E-state index contributed by atoms with van der Waals surface area (Å²) in [5.74, 6) is -0.721. The molecule has 2 aromatic rings. The summed E-state index contributed by atoms with van der Waals surface area (Å²) in [6.07, 6.45) is 12.8. The number of aromatic amines is 1. The molecule has 1 spiro atoms. The first-order chi connectivity index (χ1) is 20.0. The second kappa shape index (κ2) is 9.35. The number of H-pyrrole nitrogens is 1. The van der Waals surface area contributed by atoms with Gasteiger partial charge in [-0.3, -0.25) is 14.6 Å². The number of epoxide rings is 1. The Morgan fingerprint density at radius 3 is 2.67 bits per heavy atom. The van der Waals surface area contributed by atoms with Crippen molar-refractivity contribution in [3.8, 4) is 0 Å². The largest absolute Gasteiger partial charge is 0.365 e. The number of aliphatic imine (C=N–C) groups is 1. The number of ether oxygens (including phenoxy) is 2. The molecule has 7 nitrogen and oxygen atoms in total. The van der Waals surface area contributed by atoms with Gasteiger partial charge in [0.1, 0.15) is 11.5 Å². The second-order valence-corrected chi connectivity index (χ2v) is 13.8. The Bertz CT molecular complexity index is 1600. The quantitative estimate of drug-likeness (QED) is 0.285. The highest BCUT2D eigenvalue weighted by molar-refractivity contribution is 6.16. The van der Waals surface area contributed by atoms with E-state index in [1.54, 1.807) is 12.2 Å². The number of hydrogen-bond donors (Lipinski definition) is 2. The van der Waals surface area contributed by atoms with Crippen LogP contribution in [0, 0.1) is 29.1 Å². The van der Waals surface area contributed by atoms with E-state index in [4.69, 9.17) is 14.5 Å². The molecule has 2 N–H and O–H groups in total. The van der Waals surface area contributed by atoms with Gasteiger partial charge in [0, 0.05) is 35.0 Å². The number of hydrogen-bond acceptors (Lipinski definition) is 5. The molecule has 2 saturated heterocycles. The van der Waals surface area contributed by atoms with Gasteiger partial charge in [-0.15, -0.1) is 0 Å². The molecule has 1 aromatic heterocycles. The van der Waals surface area contributed by atoms with Crippen LogP contribution in [0.15, 0.2) is 71.4 Å². The fourth-order valence-corrected chi connectivity index (χ4v) is 8.54. The van der Waals surface area contributed by atoms with E-state index >= 15 is 0 Å². The van der Waals surface area contributed by atoms with Gasteiger partial charge in [0.05, 0.1) is 17.4 Å². The summed E-state index contributed by atoms with van der Waals surface area (Å²) >= 11 is 0. The van der Waals surface area contributed by atoms with Gasteiger partial charge in [-0.25, -0.2) is 0 Å². The second-order valence-electron chi connectivity index (χ2n) is 13.8. The van der Waals surface area contributed by atoms with Crippen molar-refractivity contribution < 1.29 is 19.1 Å². The number of nitrogens with one attached hydrogen (secondary N) is 2.